The molecule has 4 nitrogen and oxygen atoms in total. The van der Waals surface area contributed by atoms with Gasteiger partial charge < -0.3 is 4.90 Å². The first-order chi connectivity index (χ1) is 13.5. The summed E-state index contributed by atoms with van der Waals surface area (Å²) < 4.78 is 13.4. The van der Waals surface area contributed by atoms with Crippen molar-refractivity contribution in [1.82, 2.24) is 4.90 Å². The minimum absolute atomic E-state index is 0.120. The molecule has 0 aromatic heterocycles. The van der Waals surface area contributed by atoms with Gasteiger partial charge in [-0.3, -0.25) is 4.79 Å². The Kier molecular flexibility index (Phi) is 5.11. The molecule has 1 heterocycles. The van der Waals surface area contributed by atoms with Gasteiger partial charge in [-0.05, 0) is 49.1 Å². The lowest BCUT2D eigenvalue weighted by atomic mass is 9.80. The van der Waals surface area contributed by atoms with Crippen LogP contribution >= 0.6 is 11.6 Å². The number of urea groups is 1. The number of hydrogen-bond acceptors (Lipinski definition) is 2. The number of rotatable bonds is 3. The second-order valence-electron chi connectivity index (χ2n) is 7.56. The predicted octanol–water partition coefficient (Wildman–Crippen LogP) is 5.32. The Hall–Kier alpha value is -2.40. The zero-order chi connectivity index (χ0) is 19.8. The van der Waals surface area contributed by atoms with Crippen LogP contribution in [0.15, 0.2) is 42.5 Å². The van der Waals surface area contributed by atoms with Crippen LogP contribution in [0.5, 0.6) is 0 Å². The first-order valence-corrected chi connectivity index (χ1v) is 9.99. The average molecular weight is 401 g/mol. The third-order valence-electron chi connectivity index (χ3n) is 5.82. The van der Waals surface area contributed by atoms with E-state index in [4.69, 9.17) is 11.6 Å². The SMILES string of the molecule is Cc1ccccc1N1C(=O)C2CCCCC2N(Cc2ccc(F)cc2Cl)C1=O. The van der Waals surface area contributed by atoms with Crippen molar-refractivity contribution in [1.29, 1.82) is 0 Å². The van der Waals surface area contributed by atoms with Crippen LogP contribution in [0.1, 0.15) is 36.8 Å². The third kappa shape index (κ3) is 3.28. The topological polar surface area (TPSA) is 40.6 Å². The third-order valence-corrected chi connectivity index (χ3v) is 6.17. The van der Waals surface area contributed by atoms with Crippen LogP contribution in [0.2, 0.25) is 5.02 Å². The van der Waals surface area contributed by atoms with Crippen LogP contribution in [0.3, 0.4) is 0 Å². The first-order valence-electron chi connectivity index (χ1n) is 9.61. The predicted molar refractivity (Wildman–Crippen MR) is 107 cm³/mol. The highest BCUT2D eigenvalue weighted by molar-refractivity contribution is 6.31. The van der Waals surface area contributed by atoms with E-state index in [2.05, 4.69) is 0 Å². The number of imide groups is 1. The van der Waals surface area contributed by atoms with Crippen LogP contribution in [-0.4, -0.2) is 22.9 Å². The van der Waals surface area contributed by atoms with E-state index in [9.17, 15) is 14.0 Å². The molecule has 1 aliphatic heterocycles. The van der Waals surface area contributed by atoms with Gasteiger partial charge in [0.05, 0.1) is 11.6 Å². The molecule has 2 unspecified atom stereocenters. The van der Waals surface area contributed by atoms with E-state index in [0.717, 1.165) is 31.2 Å². The zero-order valence-corrected chi connectivity index (χ0v) is 16.5. The molecule has 28 heavy (non-hydrogen) atoms. The molecule has 0 radical (unpaired) electrons. The van der Waals surface area contributed by atoms with Gasteiger partial charge in [0.2, 0.25) is 5.91 Å². The van der Waals surface area contributed by atoms with Crippen molar-refractivity contribution in [2.24, 2.45) is 5.92 Å². The molecule has 1 saturated carbocycles. The Bertz CT molecular complexity index is 933. The summed E-state index contributed by atoms with van der Waals surface area (Å²) in [6.45, 7) is 2.15. The number of carbonyl (C=O) groups excluding carboxylic acids is 2. The molecule has 0 spiro atoms. The van der Waals surface area contributed by atoms with Crippen molar-refractivity contribution in [2.75, 3.05) is 4.90 Å². The van der Waals surface area contributed by atoms with Gasteiger partial charge in [-0.2, -0.15) is 0 Å². The molecule has 1 saturated heterocycles. The second-order valence-corrected chi connectivity index (χ2v) is 7.97. The lowest BCUT2D eigenvalue weighted by molar-refractivity contribution is -0.126. The van der Waals surface area contributed by atoms with Gasteiger partial charge in [-0.25, -0.2) is 14.1 Å². The highest BCUT2D eigenvalue weighted by Crippen LogP contribution is 2.38. The van der Waals surface area contributed by atoms with E-state index in [-0.39, 0.29) is 30.4 Å². The average Bonchev–Trinajstić information content (AvgIpc) is 2.68. The monoisotopic (exact) mass is 400 g/mol. The van der Waals surface area contributed by atoms with Gasteiger partial charge in [-0.1, -0.05) is 48.7 Å². The quantitative estimate of drug-likeness (QED) is 0.700. The van der Waals surface area contributed by atoms with E-state index in [1.807, 2.05) is 25.1 Å². The molecular formula is C22H22ClFN2O2. The number of para-hydroxylation sites is 1. The summed E-state index contributed by atoms with van der Waals surface area (Å²) >= 11 is 6.22. The highest BCUT2D eigenvalue weighted by Gasteiger charge is 2.47. The molecule has 2 aromatic carbocycles. The summed E-state index contributed by atoms with van der Waals surface area (Å²) in [6.07, 6.45) is 3.53. The smallest absolute Gasteiger partial charge is 0.316 e. The standard InChI is InChI=1S/C22H22ClFN2O2/c1-14-6-2-4-8-19(14)26-21(27)17-7-3-5-9-20(17)25(22(26)28)13-15-10-11-16(24)12-18(15)23/h2,4,6,8,10-12,17,20H,3,5,7,9,13H2,1H3. The Labute approximate surface area is 168 Å². The zero-order valence-electron chi connectivity index (χ0n) is 15.7. The van der Waals surface area contributed by atoms with Gasteiger partial charge in [-0.15, -0.1) is 0 Å². The normalized spacial score (nSPS) is 22.4. The number of amides is 3. The Morgan fingerprint density at radius 2 is 1.86 bits per heavy atom. The highest BCUT2D eigenvalue weighted by atomic mass is 35.5. The molecule has 0 N–H and O–H groups in total. The van der Waals surface area contributed by atoms with E-state index < -0.39 is 5.82 Å². The Morgan fingerprint density at radius 1 is 1.11 bits per heavy atom. The summed E-state index contributed by atoms with van der Waals surface area (Å²) in [7, 11) is 0. The number of anilines is 1. The van der Waals surface area contributed by atoms with Crippen LogP contribution in [0, 0.1) is 18.7 Å². The molecule has 2 fully saturated rings. The number of hydrogen-bond donors (Lipinski definition) is 0. The number of carbonyl (C=O) groups is 2. The summed E-state index contributed by atoms with van der Waals surface area (Å²) in [4.78, 5) is 29.7. The van der Waals surface area contributed by atoms with Crippen LogP contribution in [-0.2, 0) is 11.3 Å². The van der Waals surface area contributed by atoms with Crippen molar-refractivity contribution in [3.63, 3.8) is 0 Å². The van der Waals surface area contributed by atoms with Gasteiger partial charge in [0.1, 0.15) is 5.82 Å². The number of nitrogens with zero attached hydrogens (tertiary/aromatic N) is 2. The Balaban J connectivity index is 1.74. The van der Waals surface area contributed by atoms with Gasteiger partial charge in [0.25, 0.3) is 0 Å². The van der Waals surface area contributed by atoms with E-state index in [1.165, 1.54) is 17.0 Å². The molecule has 3 amide bonds. The number of halogens is 2. The van der Waals surface area contributed by atoms with Crippen LogP contribution in [0.25, 0.3) is 0 Å². The number of benzene rings is 2. The van der Waals surface area contributed by atoms with Gasteiger partial charge >= 0.3 is 6.03 Å². The van der Waals surface area contributed by atoms with Crippen molar-refractivity contribution < 1.29 is 14.0 Å². The second kappa shape index (κ2) is 7.55. The number of fused-ring (bicyclic) bond motifs is 1. The fourth-order valence-electron chi connectivity index (χ4n) is 4.36. The fourth-order valence-corrected chi connectivity index (χ4v) is 4.58. The molecule has 2 aromatic rings. The number of aryl methyl sites for hydroxylation is 1. The molecule has 146 valence electrons. The van der Waals surface area contributed by atoms with E-state index in [1.54, 1.807) is 17.0 Å². The molecule has 2 atom stereocenters. The molecule has 6 heteroatoms. The van der Waals surface area contributed by atoms with Gasteiger partial charge in [0.15, 0.2) is 0 Å². The maximum absolute atomic E-state index is 13.4. The maximum Gasteiger partial charge on any atom is 0.331 e. The summed E-state index contributed by atoms with van der Waals surface area (Å²) in [5.74, 6) is -0.748. The minimum Gasteiger partial charge on any atom is -0.316 e. The molecule has 4 rings (SSSR count). The molecule has 1 aliphatic carbocycles. The van der Waals surface area contributed by atoms with Crippen LogP contribution in [0.4, 0.5) is 14.9 Å². The molecular weight excluding hydrogens is 379 g/mol. The molecule has 0 bridgehead atoms. The summed E-state index contributed by atoms with van der Waals surface area (Å²) in [5.41, 5.74) is 2.18. The van der Waals surface area contributed by atoms with Gasteiger partial charge in [0, 0.05) is 17.6 Å². The lowest BCUT2D eigenvalue weighted by Gasteiger charge is -2.47. The lowest BCUT2D eigenvalue weighted by Crippen LogP contribution is -2.62. The molecule has 2 aliphatic rings. The van der Waals surface area contributed by atoms with E-state index >= 15 is 0 Å². The Morgan fingerprint density at radius 3 is 2.61 bits per heavy atom. The first kappa shape index (κ1) is 18.9. The fraction of sp³-hybridized carbons (Fsp3) is 0.364. The van der Waals surface area contributed by atoms with Crippen molar-refractivity contribution in [3.05, 3.63) is 64.4 Å². The van der Waals surface area contributed by atoms with E-state index in [0.29, 0.717) is 16.3 Å². The largest absolute Gasteiger partial charge is 0.331 e. The van der Waals surface area contributed by atoms with Crippen molar-refractivity contribution >= 4 is 29.2 Å². The summed E-state index contributed by atoms with van der Waals surface area (Å²) in [5, 5.41) is 0.291. The van der Waals surface area contributed by atoms with Crippen LogP contribution < -0.4 is 4.90 Å². The maximum atomic E-state index is 13.4. The van der Waals surface area contributed by atoms with Crippen molar-refractivity contribution in [3.8, 4) is 0 Å². The minimum atomic E-state index is -0.411. The summed E-state index contributed by atoms with van der Waals surface area (Å²) in [6, 6.07) is 11.2. The van der Waals surface area contributed by atoms with Crippen molar-refractivity contribution in [2.45, 2.75) is 45.2 Å².